The number of unbranched alkanes of at least 4 members (excludes halogenated alkanes) is 1. The van der Waals surface area contributed by atoms with E-state index in [0.717, 1.165) is 35.7 Å². The summed E-state index contributed by atoms with van der Waals surface area (Å²) >= 11 is 1.54. The third-order valence-electron chi connectivity index (χ3n) is 4.85. The molecule has 0 fully saturated rings. The molecule has 0 saturated heterocycles. The number of aliphatic hydroxyl groups excluding tert-OH is 1. The van der Waals surface area contributed by atoms with E-state index in [1.54, 1.807) is 32.4 Å². The van der Waals surface area contributed by atoms with Crippen LogP contribution in [0.5, 0.6) is 11.5 Å². The van der Waals surface area contributed by atoms with Crippen LogP contribution in [0.3, 0.4) is 0 Å². The van der Waals surface area contributed by atoms with Crippen molar-refractivity contribution in [2.75, 3.05) is 25.5 Å². The first-order valence-electron chi connectivity index (χ1n) is 10.5. The standard InChI is InChI=1S/C22H30N6O3S/c1-15-13-24-17(14-23-15)12-16(2)32-27-22-26-25-20(10-5-6-11-29)28(22)21-18(30-3)8-7-9-19(21)31-4/h7-9,13-14,16,29H,5-6,10-12H2,1-4H3,(H,26,27). The maximum atomic E-state index is 9.17. The molecule has 3 rings (SSSR count). The Kier molecular flexibility index (Phi) is 8.69. The van der Waals surface area contributed by atoms with Gasteiger partial charge in [-0.1, -0.05) is 13.0 Å². The smallest absolute Gasteiger partial charge is 0.239 e. The van der Waals surface area contributed by atoms with Gasteiger partial charge >= 0.3 is 0 Å². The van der Waals surface area contributed by atoms with Crippen molar-refractivity contribution < 1.29 is 14.6 Å². The van der Waals surface area contributed by atoms with Crippen LogP contribution in [0.4, 0.5) is 5.95 Å². The van der Waals surface area contributed by atoms with Crippen LogP contribution in [0.2, 0.25) is 0 Å². The molecule has 0 aliphatic carbocycles. The Bertz CT molecular complexity index is 974. The van der Waals surface area contributed by atoms with Gasteiger partial charge in [-0.05, 0) is 43.8 Å². The average molecular weight is 459 g/mol. The number of hydrogen-bond donors (Lipinski definition) is 2. The minimum absolute atomic E-state index is 0.145. The second kappa shape index (κ2) is 11.7. The van der Waals surface area contributed by atoms with Gasteiger partial charge in [-0.3, -0.25) is 19.3 Å². The summed E-state index contributed by atoms with van der Waals surface area (Å²) in [6.45, 7) is 4.19. The van der Waals surface area contributed by atoms with Crippen molar-refractivity contribution in [1.29, 1.82) is 0 Å². The summed E-state index contributed by atoms with van der Waals surface area (Å²) in [7, 11) is 3.25. The molecule has 0 saturated carbocycles. The van der Waals surface area contributed by atoms with Crippen molar-refractivity contribution in [3.05, 3.63) is 47.8 Å². The quantitative estimate of drug-likeness (QED) is 0.312. The second-order valence-electron chi connectivity index (χ2n) is 7.35. The fraction of sp³-hybridized carbons (Fsp3) is 0.455. The molecule has 1 aromatic carbocycles. The highest BCUT2D eigenvalue weighted by Crippen LogP contribution is 2.36. The number of aryl methyl sites for hydroxylation is 2. The topological polar surface area (TPSA) is 107 Å². The molecule has 2 heterocycles. The zero-order valence-electron chi connectivity index (χ0n) is 18.9. The fourth-order valence-corrected chi connectivity index (χ4v) is 3.93. The Balaban J connectivity index is 1.85. The zero-order chi connectivity index (χ0) is 22.9. The van der Waals surface area contributed by atoms with E-state index in [1.165, 1.54) is 0 Å². The van der Waals surface area contributed by atoms with Gasteiger partial charge in [0.15, 0.2) is 0 Å². The Hall–Kier alpha value is -2.85. The Morgan fingerprint density at radius 3 is 2.47 bits per heavy atom. The van der Waals surface area contributed by atoms with Gasteiger partial charge in [0.1, 0.15) is 23.0 Å². The van der Waals surface area contributed by atoms with E-state index in [-0.39, 0.29) is 11.9 Å². The first-order valence-corrected chi connectivity index (χ1v) is 11.4. The molecule has 9 nitrogen and oxygen atoms in total. The van der Waals surface area contributed by atoms with Crippen LogP contribution in [0.1, 0.15) is 37.0 Å². The summed E-state index contributed by atoms with van der Waals surface area (Å²) in [6, 6.07) is 5.64. The Morgan fingerprint density at radius 1 is 1.09 bits per heavy atom. The lowest BCUT2D eigenvalue weighted by Gasteiger charge is -2.18. The molecule has 1 atom stereocenters. The summed E-state index contributed by atoms with van der Waals surface area (Å²) in [6.07, 6.45) is 6.51. The predicted octanol–water partition coefficient (Wildman–Crippen LogP) is 3.39. The van der Waals surface area contributed by atoms with Crippen LogP contribution < -0.4 is 14.2 Å². The van der Waals surface area contributed by atoms with Crippen molar-refractivity contribution in [3.8, 4) is 17.2 Å². The molecule has 0 amide bonds. The van der Waals surface area contributed by atoms with E-state index in [2.05, 4.69) is 31.8 Å². The van der Waals surface area contributed by atoms with Gasteiger partial charge in [0, 0.05) is 37.1 Å². The molecule has 32 heavy (non-hydrogen) atoms. The molecular formula is C22H30N6O3S. The number of methoxy groups -OCH3 is 2. The number of rotatable bonds is 12. The van der Waals surface area contributed by atoms with Crippen molar-refractivity contribution >= 4 is 17.9 Å². The summed E-state index contributed by atoms with van der Waals surface area (Å²) in [5.74, 6) is 2.66. The molecule has 2 aromatic heterocycles. The molecular weight excluding hydrogens is 428 g/mol. The molecule has 1 unspecified atom stereocenters. The summed E-state index contributed by atoms with van der Waals surface area (Å²) < 4.78 is 16.5. The molecule has 2 N–H and O–H groups in total. The maximum absolute atomic E-state index is 9.17. The maximum Gasteiger partial charge on any atom is 0.239 e. The van der Waals surface area contributed by atoms with Gasteiger partial charge in [-0.15, -0.1) is 10.2 Å². The van der Waals surface area contributed by atoms with Gasteiger partial charge < -0.3 is 14.6 Å². The number of nitrogens with one attached hydrogen (secondary N) is 1. The number of nitrogens with zero attached hydrogens (tertiary/aromatic N) is 5. The van der Waals surface area contributed by atoms with E-state index in [0.29, 0.717) is 30.3 Å². The van der Waals surface area contributed by atoms with Crippen molar-refractivity contribution in [1.82, 2.24) is 24.7 Å². The Labute approximate surface area is 192 Å². The van der Waals surface area contributed by atoms with E-state index >= 15 is 0 Å². The van der Waals surface area contributed by atoms with Gasteiger partial charge in [0.2, 0.25) is 5.95 Å². The largest absolute Gasteiger partial charge is 0.494 e. The number of hydrogen-bond acceptors (Lipinski definition) is 9. The monoisotopic (exact) mass is 458 g/mol. The van der Waals surface area contributed by atoms with Crippen LogP contribution in [0.15, 0.2) is 30.6 Å². The number of para-hydroxylation sites is 1. The second-order valence-corrected chi connectivity index (χ2v) is 8.60. The lowest BCUT2D eigenvalue weighted by molar-refractivity contribution is 0.284. The van der Waals surface area contributed by atoms with Crippen LogP contribution >= 0.6 is 11.9 Å². The van der Waals surface area contributed by atoms with Crippen molar-refractivity contribution in [2.45, 2.75) is 44.8 Å². The lowest BCUT2D eigenvalue weighted by Crippen LogP contribution is -2.11. The average Bonchev–Trinajstić information content (AvgIpc) is 3.21. The molecule has 0 aliphatic heterocycles. The number of anilines is 1. The van der Waals surface area contributed by atoms with Crippen LogP contribution in [-0.2, 0) is 12.8 Å². The minimum Gasteiger partial charge on any atom is -0.494 e. The zero-order valence-corrected chi connectivity index (χ0v) is 19.7. The fourth-order valence-electron chi connectivity index (χ4n) is 3.24. The first-order chi connectivity index (χ1) is 15.6. The van der Waals surface area contributed by atoms with Crippen molar-refractivity contribution in [2.24, 2.45) is 0 Å². The first kappa shape index (κ1) is 23.8. The van der Waals surface area contributed by atoms with Gasteiger partial charge in [-0.2, -0.15) is 0 Å². The highest BCUT2D eigenvalue weighted by atomic mass is 32.2. The van der Waals surface area contributed by atoms with Crippen LogP contribution in [-0.4, -0.2) is 55.9 Å². The molecule has 0 bridgehead atoms. The summed E-state index contributed by atoms with van der Waals surface area (Å²) in [4.78, 5) is 8.76. The number of benzene rings is 1. The van der Waals surface area contributed by atoms with E-state index in [9.17, 15) is 5.11 Å². The summed E-state index contributed by atoms with van der Waals surface area (Å²) in [5, 5.41) is 18.2. The molecule has 0 aliphatic rings. The number of aliphatic hydroxyl groups is 1. The van der Waals surface area contributed by atoms with Crippen molar-refractivity contribution in [3.63, 3.8) is 0 Å². The predicted molar refractivity (Wildman–Crippen MR) is 126 cm³/mol. The number of ether oxygens (including phenoxy) is 2. The highest BCUT2D eigenvalue weighted by molar-refractivity contribution is 8.01. The van der Waals surface area contributed by atoms with E-state index < -0.39 is 0 Å². The Morgan fingerprint density at radius 2 is 1.84 bits per heavy atom. The number of aromatic nitrogens is 5. The highest BCUT2D eigenvalue weighted by Gasteiger charge is 2.21. The van der Waals surface area contributed by atoms with Crippen LogP contribution in [0, 0.1) is 6.92 Å². The van der Waals surface area contributed by atoms with Gasteiger partial charge in [0.05, 0.1) is 25.6 Å². The molecule has 3 aromatic rings. The third-order valence-corrected chi connectivity index (χ3v) is 5.72. The van der Waals surface area contributed by atoms with Crippen LogP contribution in [0.25, 0.3) is 5.69 Å². The normalized spacial score (nSPS) is 11.9. The van der Waals surface area contributed by atoms with Gasteiger partial charge in [-0.25, -0.2) is 0 Å². The third kappa shape index (κ3) is 5.89. The van der Waals surface area contributed by atoms with E-state index in [1.807, 2.05) is 35.9 Å². The molecule has 10 heteroatoms. The SMILES string of the molecule is COc1cccc(OC)c1-n1c(CCCCO)nnc1NSC(C)Cc1cnc(C)cn1. The molecule has 0 spiro atoms. The van der Waals surface area contributed by atoms with E-state index in [4.69, 9.17) is 9.47 Å². The molecule has 0 radical (unpaired) electrons. The summed E-state index contributed by atoms with van der Waals surface area (Å²) in [5.41, 5.74) is 2.58. The molecule has 172 valence electrons. The lowest BCUT2D eigenvalue weighted by atomic mass is 10.2. The minimum atomic E-state index is 0.145. The van der Waals surface area contributed by atoms with Gasteiger partial charge in [0.25, 0.3) is 0 Å².